The lowest BCUT2D eigenvalue weighted by atomic mass is 10.0. The molecule has 0 aliphatic rings. The van der Waals surface area contributed by atoms with E-state index >= 15 is 0 Å². The van der Waals surface area contributed by atoms with Crippen molar-refractivity contribution in [2.24, 2.45) is 0 Å². The Morgan fingerprint density at radius 2 is 1.70 bits per heavy atom. The fourth-order valence-corrected chi connectivity index (χ4v) is 2.93. The van der Waals surface area contributed by atoms with Crippen LogP contribution in [0.1, 0.15) is 35.7 Å². The number of carbonyl (C=O) groups excluding carboxylic acids is 1. The molecular formula is C23H20N2O2. The first-order chi connectivity index (χ1) is 13.1. The van der Waals surface area contributed by atoms with E-state index in [1.54, 1.807) is 18.2 Å². The number of benzene rings is 3. The van der Waals surface area contributed by atoms with Gasteiger partial charge in [0.05, 0.1) is 0 Å². The summed E-state index contributed by atoms with van der Waals surface area (Å²) in [6.07, 6.45) is 0. The number of nitrogens with zero attached hydrogens (tertiary/aromatic N) is 1. The molecule has 1 N–H and O–H groups in total. The van der Waals surface area contributed by atoms with Crippen LogP contribution < -0.4 is 5.32 Å². The zero-order valence-electron chi connectivity index (χ0n) is 15.3. The van der Waals surface area contributed by atoms with Crippen LogP contribution in [0.25, 0.3) is 22.6 Å². The zero-order valence-corrected chi connectivity index (χ0v) is 15.3. The van der Waals surface area contributed by atoms with Crippen molar-refractivity contribution in [1.29, 1.82) is 0 Å². The molecule has 4 rings (SSSR count). The zero-order chi connectivity index (χ0) is 18.8. The highest BCUT2D eigenvalue weighted by Crippen LogP contribution is 2.27. The Bertz CT molecular complexity index is 1080. The highest BCUT2D eigenvalue weighted by Gasteiger charge is 2.11. The molecule has 0 bridgehead atoms. The largest absolute Gasteiger partial charge is 0.436 e. The number of oxazole rings is 1. The molecule has 134 valence electrons. The molecule has 4 aromatic rings. The number of fused-ring (bicyclic) bond motifs is 1. The van der Waals surface area contributed by atoms with Crippen molar-refractivity contribution in [1.82, 2.24) is 4.98 Å². The van der Waals surface area contributed by atoms with E-state index in [0.717, 1.165) is 11.1 Å². The van der Waals surface area contributed by atoms with E-state index in [9.17, 15) is 4.79 Å². The van der Waals surface area contributed by atoms with Gasteiger partial charge in [-0.15, -0.1) is 0 Å². The molecule has 4 nitrogen and oxygen atoms in total. The van der Waals surface area contributed by atoms with Crippen molar-refractivity contribution >= 4 is 22.7 Å². The lowest BCUT2D eigenvalue weighted by molar-refractivity contribution is 0.102. The third kappa shape index (κ3) is 3.60. The number of carbonyl (C=O) groups is 1. The van der Waals surface area contributed by atoms with Gasteiger partial charge in [0.2, 0.25) is 5.89 Å². The van der Waals surface area contributed by atoms with Crippen LogP contribution in [0.3, 0.4) is 0 Å². The van der Waals surface area contributed by atoms with E-state index in [4.69, 9.17) is 4.42 Å². The van der Waals surface area contributed by atoms with E-state index in [1.807, 2.05) is 42.5 Å². The highest BCUT2D eigenvalue weighted by molar-refractivity contribution is 6.04. The molecule has 1 amide bonds. The van der Waals surface area contributed by atoms with Gasteiger partial charge in [-0.25, -0.2) is 4.98 Å². The van der Waals surface area contributed by atoms with Gasteiger partial charge in [-0.05, 0) is 47.9 Å². The predicted molar refractivity (Wildman–Crippen MR) is 108 cm³/mol. The number of aromatic nitrogens is 1. The van der Waals surface area contributed by atoms with Gasteiger partial charge in [0.1, 0.15) is 5.52 Å². The number of amides is 1. The second-order valence-electron chi connectivity index (χ2n) is 6.80. The maximum atomic E-state index is 12.3. The number of hydrogen-bond acceptors (Lipinski definition) is 3. The summed E-state index contributed by atoms with van der Waals surface area (Å²) in [5, 5.41) is 2.89. The summed E-state index contributed by atoms with van der Waals surface area (Å²) in [6, 6.07) is 22.8. The molecule has 0 aliphatic heterocycles. The summed E-state index contributed by atoms with van der Waals surface area (Å²) in [6.45, 7) is 4.33. The number of anilines is 1. The van der Waals surface area contributed by atoms with Gasteiger partial charge in [-0.1, -0.05) is 44.2 Å². The molecule has 0 fully saturated rings. The molecule has 27 heavy (non-hydrogen) atoms. The molecule has 1 aromatic heterocycles. The minimum Gasteiger partial charge on any atom is -0.436 e. The second-order valence-corrected chi connectivity index (χ2v) is 6.80. The third-order valence-corrected chi connectivity index (χ3v) is 4.51. The van der Waals surface area contributed by atoms with Gasteiger partial charge >= 0.3 is 0 Å². The first-order valence-electron chi connectivity index (χ1n) is 8.97. The summed E-state index contributed by atoms with van der Waals surface area (Å²) in [5.74, 6) is 0.907. The lowest BCUT2D eigenvalue weighted by Gasteiger charge is -2.04. The Balaban J connectivity index is 1.59. The molecule has 0 radical (unpaired) electrons. The van der Waals surface area contributed by atoms with Crippen LogP contribution in [0, 0.1) is 0 Å². The quantitative estimate of drug-likeness (QED) is 0.497. The first kappa shape index (κ1) is 17.0. The number of hydrogen-bond donors (Lipinski definition) is 1. The summed E-state index contributed by atoms with van der Waals surface area (Å²) in [7, 11) is 0. The average Bonchev–Trinajstić information content (AvgIpc) is 3.12. The van der Waals surface area contributed by atoms with Crippen molar-refractivity contribution < 1.29 is 9.21 Å². The van der Waals surface area contributed by atoms with Crippen molar-refractivity contribution in [2.45, 2.75) is 19.8 Å². The van der Waals surface area contributed by atoms with Gasteiger partial charge < -0.3 is 9.73 Å². The maximum Gasteiger partial charge on any atom is 0.255 e. The Hall–Kier alpha value is -3.40. The average molecular weight is 356 g/mol. The van der Waals surface area contributed by atoms with Crippen molar-refractivity contribution in [3.05, 3.63) is 83.9 Å². The molecule has 0 unspecified atom stereocenters. The van der Waals surface area contributed by atoms with Crippen molar-refractivity contribution in [3.63, 3.8) is 0 Å². The van der Waals surface area contributed by atoms with E-state index in [-0.39, 0.29) is 5.91 Å². The molecule has 0 saturated heterocycles. The molecular weight excluding hydrogens is 336 g/mol. The van der Waals surface area contributed by atoms with Crippen molar-refractivity contribution in [3.8, 4) is 11.5 Å². The summed E-state index contributed by atoms with van der Waals surface area (Å²) in [4.78, 5) is 16.9. The van der Waals surface area contributed by atoms with E-state index in [0.29, 0.717) is 28.6 Å². The van der Waals surface area contributed by atoms with Gasteiger partial charge in [0, 0.05) is 22.9 Å². The number of rotatable bonds is 4. The molecule has 4 heteroatoms. The minimum absolute atomic E-state index is 0.154. The van der Waals surface area contributed by atoms with Crippen LogP contribution in [0.2, 0.25) is 0 Å². The molecule has 0 atom stereocenters. The first-order valence-corrected chi connectivity index (χ1v) is 8.97. The molecule has 1 heterocycles. The Kier molecular flexibility index (Phi) is 4.47. The highest BCUT2D eigenvalue weighted by atomic mass is 16.3. The molecule has 3 aromatic carbocycles. The van der Waals surface area contributed by atoms with Crippen LogP contribution in [0.4, 0.5) is 5.69 Å². The van der Waals surface area contributed by atoms with Crippen LogP contribution in [-0.2, 0) is 0 Å². The monoisotopic (exact) mass is 356 g/mol. The van der Waals surface area contributed by atoms with Gasteiger partial charge in [-0.2, -0.15) is 0 Å². The lowest BCUT2D eigenvalue weighted by Crippen LogP contribution is -2.11. The van der Waals surface area contributed by atoms with Crippen molar-refractivity contribution in [2.75, 3.05) is 5.32 Å². The predicted octanol–water partition coefficient (Wildman–Crippen LogP) is 5.87. The summed E-state index contributed by atoms with van der Waals surface area (Å²) >= 11 is 0. The number of nitrogens with one attached hydrogen (secondary N) is 1. The minimum atomic E-state index is -0.154. The van der Waals surface area contributed by atoms with Crippen LogP contribution >= 0.6 is 0 Å². The van der Waals surface area contributed by atoms with Crippen LogP contribution in [-0.4, -0.2) is 10.9 Å². The summed E-state index contributed by atoms with van der Waals surface area (Å²) < 4.78 is 5.92. The normalized spacial score (nSPS) is 11.1. The topological polar surface area (TPSA) is 55.1 Å². The maximum absolute atomic E-state index is 12.3. The molecule has 0 spiro atoms. The molecule has 0 saturated carbocycles. The van der Waals surface area contributed by atoms with Gasteiger partial charge in [0.25, 0.3) is 5.91 Å². The van der Waals surface area contributed by atoms with Gasteiger partial charge in [0.15, 0.2) is 5.58 Å². The fraction of sp³-hybridized carbons (Fsp3) is 0.130. The van der Waals surface area contributed by atoms with Crippen LogP contribution in [0.5, 0.6) is 0 Å². The SMILES string of the molecule is CC(C)c1ccc(-c2nc3ccc(NC(=O)c4ccccc4)cc3o2)cc1. The Morgan fingerprint density at radius 3 is 2.41 bits per heavy atom. The van der Waals surface area contributed by atoms with E-state index in [1.165, 1.54) is 5.56 Å². The smallest absolute Gasteiger partial charge is 0.255 e. The van der Waals surface area contributed by atoms with E-state index in [2.05, 4.69) is 36.3 Å². The second kappa shape index (κ2) is 7.08. The van der Waals surface area contributed by atoms with Gasteiger partial charge in [-0.3, -0.25) is 4.79 Å². The summed E-state index contributed by atoms with van der Waals surface area (Å²) in [5.41, 5.74) is 4.90. The fourth-order valence-electron chi connectivity index (χ4n) is 2.93. The van der Waals surface area contributed by atoms with Crippen LogP contribution in [0.15, 0.2) is 77.2 Å². The Labute approximate surface area is 157 Å². The standard InChI is InChI=1S/C23H20N2O2/c1-15(2)16-8-10-18(11-9-16)23-25-20-13-12-19(14-21(20)27-23)24-22(26)17-6-4-3-5-7-17/h3-15H,1-2H3,(H,24,26). The third-order valence-electron chi connectivity index (χ3n) is 4.51. The van der Waals surface area contributed by atoms with E-state index < -0.39 is 0 Å². The Morgan fingerprint density at radius 1 is 0.963 bits per heavy atom. The molecule has 0 aliphatic carbocycles.